The van der Waals surface area contributed by atoms with Gasteiger partial charge in [-0.1, -0.05) is 50.2 Å². The van der Waals surface area contributed by atoms with E-state index in [0.29, 0.717) is 5.92 Å². The molecule has 1 aliphatic heterocycles. The molecule has 1 aliphatic rings. The number of hydrazone groups is 1. The maximum Gasteiger partial charge on any atom is 0.207 e. The van der Waals surface area contributed by atoms with Crippen LogP contribution >= 0.6 is 11.3 Å². The molecule has 2 aromatic heterocycles. The van der Waals surface area contributed by atoms with Gasteiger partial charge in [-0.3, -0.25) is 0 Å². The number of benzene rings is 2. The van der Waals surface area contributed by atoms with Crippen LogP contribution in [0.3, 0.4) is 0 Å². The number of thiazole rings is 1. The second kappa shape index (κ2) is 8.99. The molecule has 33 heavy (non-hydrogen) atoms. The van der Waals surface area contributed by atoms with Crippen LogP contribution in [0.5, 0.6) is 0 Å². The Kier molecular flexibility index (Phi) is 5.90. The van der Waals surface area contributed by atoms with Crippen molar-refractivity contribution in [3.8, 4) is 11.3 Å². The highest BCUT2D eigenvalue weighted by molar-refractivity contribution is 7.14. The average molecular weight is 456 g/mol. The molecule has 168 valence electrons. The summed E-state index contributed by atoms with van der Waals surface area (Å²) in [5.41, 5.74) is 8.28. The molecule has 0 amide bonds. The number of aromatic nitrogens is 1. The van der Waals surface area contributed by atoms with Crippen LogP contribution in [0.25, 0.3) is 11.3 Å². The molecule has 0 radical (unpaired) electrons. The third kappa shape index (κ3) is 4.51. The van der Waals surface area contributed by atoms with Gasteiger partial charge in [-0.05, 0) is 66.6 Å². The lowest BCUT2D eigenvalue weighted by molar-refractivity contribution is 0.465. The van der Waals surface area contributed by atoms with Gasteiger partial charge in [-0.15, -0.1) is 11.3 Å². The molecular formula is C28H29N3OS. The summed E-state index contributed by atoms with van der Waals surface area (Å²) < 4.78 is 5.80. The summed E-state index contributed by atoms with van der Waals surface area (Å²) in [6.07, 6.45) is 3.61. The lowest BCUT2D eigenvalue weighted by Crippen LogP contribution is -2.17. The SMILES string of the molecule is Cc1ccc(-c2csc(N3N=C(c4ccc(CC(C)C)cc4)C[C@@H]3c3ccco3)n2)cc1C. The van der Waals surface area contributed by atoms with Gasteiger partial charge in [-0.2, -0.15) is 5.10 Å². The van der Waals surface area contributed by atoms with Gasteiger partial charge >= 0.3 is 0 Å². The van der Waals surface area contributed by atoms with Gasteiger partial charge in [-0.25, -0.2) is 9.99 Å². The molecule has 5 heteroatoms. The molecule has 5 rings (SSSR count). The van der Waals surface area contributed by atoms with E-state index >= 15 is 0 Å². The Morgan fingerprint density at radius 2 is 1.82 bits per heavy atom. The minimum Gasteiger partial charge on any atom is -0.467 e. The molecule has 0 bridgehead atoms. The smallest absolute Gasteiger partial charge is 0.207 e. The Labute approximate surface area is 199 Å². The number of nitrogens with zero attached hydrogens (tertiary/aromatic N) is 3. The van der Waals surface area contributed by atoms with E-state index in [2.05, 4.69) is 75.5 Å². The molecule has 0 unspecified atom stereocenters. The monoisotopic (exact) mass is 455 g/mol. The van der Waals surface area contributed by atoms with Crippen molar-refractivity contribution < 1.29 is 4.42 Å². The molecule has 0 aliphatic carbocycles. The first-order valence-electron chi connectivity index (χ1n) is 11.5. The molecule has 0 N–H and O–H groups in total. The summed E-state index contributed by atoms with van der Waals surface area (Å²) in [6, 6.07) is 19.3. The van der Waals surface area contributed by atoms with Crippen molar-refractivity contribution in [2.75, 3.05) is 5.01 Å². The quantitative estimate of drug-likeness (QED) is 0.301. The zero-order chi connectivity index (χ0) is 22.9. The number of hydrogen-bond donors (Lipinski definition) is 0. The van der Waals surface area contributed by atoms with Gasteiger partial charge in [0, 0.05) is 17.4 Å². The van der Waals surface area contributed by atoms with Gasteiger partial charge in [0.15, 0.2) is 0 Å². The van der Waals surface area contributed by atoms with Crippen LogP contribution in [0.2, 0.25) is 0 Å². The number of furan rings is 1. The highest BCUT2D eigenvalue weighted by Gasteiger charge is 2.33. The Bertz CT molecular complexity index is 1270. The zero-order valence-electron chi connectivity index (χ0n) is 19.6. The fourth-order valence-electron chi connectivity index (χ4n) is 4.27. The maximum absolute atomic E-state index is 5.80. The van der Waals surface area contributed by atoms with E-state index in [4.69, 9.17) is 14.5 Å². The van der Waals surface area contributed by atoms with Crippen molar-refractivity contribution in [2.24, 2.45) is 11.0 Å². The van der Waals surface area contributed by atoms with Gasteiger partial charge in [0.05, 0.1) is 17.7 Å². The number of hydrogen-bond acceptors (Lipinski definition) is 5. The highest BCUT2D eigenvalue weighted by atomic mass is 32.1. The molecule has 2 aromatic carbocycles. The van der Waals surface area contributed by atoms with Crippen molar-refractivity contribution in [3.63, 3.8) is 0 Å². The Balaban J connectivity index is 1.47. The topological polar surface area (TPSA) is 41.6 Å². The minimum atomic E-state index is 0.00379. The molecule has 4 nitrogen and oxygen atoms in total. The van der Waals surface area contributed by atoms with Crippen LogP contribution in [0.15, 0.2) is 75.8 Å². The number of rotatable bonds is 6. The predicted octanol–water partition coefficient (Wildman–Crippen LogP) is 7.57. The summed E-state index contributed by atoms with van der Waals surface area (Å²) in [7, 11) is 0. The minimum absolute atomic E-state index is 0.00379. The third-order valence-electron chi connectivity index (χ3n) is 6.20. The van der Waals surface area contributed by atoms with Crippen molar-refractivity contribution in [1.82, 2.24) is 4.98 Å². The van der Waals surface area contributed by atoms with E-state index in [0.717, 1.165) is 46.3 Å². The third-order valence-corrected chi connectivity index (χ3v) is 7.03. The fraction of sp³-hybridized carbons (Fsp3) is 0.286. The van der Waals surface area contributed by atoms with Gasteiger partial charge in [0.25, 0.3) is 0 Å². The normalized spacial score (nSPS) is 16.0. The van der Waals surface area contributed by atoms with Crippen LogP contribution in [-0.4, -0.2) is 10.7 Å². The summed E-state index contributed by atoms with van der Waals surface area (Å²) in [4.78, 5) is 4.96. The fourth-order valence-corrected chi connectivity index (χ4v) is 5.10. The summed E-state index contributed by atoms with van der Waals surface area (Å²) in [6.45, 7) is 8.78. The second-order valence-electron chi connectivity index (χ2n) is 9.24. The van der Waals surface area contributed by atoms with E-state index in [1.54, 1.807) is 17.6 Å². The lowest BCUT2D eigenvalue weighted by atomic mass is 9.98. The van der Waals surface area contributed by atoms with Crippen molar-refractivity contribution >= 4 is 22.2 Å². The molecule has 0 saturated carbocycles. The molecule has 3 heterocycles. The molecule has 0 fully saturated rings. The lowest BCUT2D eigenvalue weighted by Gasteiger charge is -2.18. The Morgan fingerprint density at radius 3 is 2.52 bits per heavy atom. The molecule has 0 saturated heterocycles. The van der Waals surface area contributed by atoms with Crippen molar-refractivity contribution in [1.29, 1.82) is 0 Å². The van der Waals surface area contributed by atoms with Crippen molar-refractivity contribution in [2.45, 2.75) is 46.6 Å². The maximum atomic E-state index is 5.80. The van der Waals surface area contributed by atoms with E-state index in [1.807, 2.05) is 17.1 Å². The van der Waals surface area contributed by atoms with E-state index in [9.17, 15) is 0 Å². The first kappa shape index (κ1) is 21.7. The summed E-state index contributed by atoms with van der Waals surface area (Å²) in [5.74, 6) is 1.56. The van der Waals surface area contributed by atoms with Crippen LogP contribution in [0, 0.1) is 19.8 Å². The standard InChI is InChI=1S/C28H29N3OS/c1-18(2)14-21-8-11-22(12-9-21)24-16-26(27-6-5-13-32-27)31(30-24)28-29-25(17-33-28)23-10-7-19(3)20(4)15-23/h5-13,15,17-18,26H,14,16H2,1-4H3/t26-/m1/s1. The van der Waals surface area contributed by atoms with Crippen LogP contribution in [0.4, 0.5) is 5.13 Å². The van der Waals surface area contributed by atoms with E-state index in [-0.39, 0.29) is 6.04 Å². The Hall–Kier alpha value is -3.18. The van der Waals surface area contributed by atoms with E-state index in [1.165, 1.54) is 16.7 Å². The largest absolute Gasteiger partial charge is 0.467 e. The van der Waals surface area contributed by atoms with Crippen LogP contribution in [0.1, 0.15) is 54.3 Å². The first-order valence-corrected chi connectivity index (χ1v) is 12.4. The van der Waals surface area contributed by atoms with Crippen LogP contribution < -0.4 is 5.01 Å². The molecule has 4 aromatic rings. The highest BCUT2D eigenvalue weighted by Crippen LogP contribution is 2.39. The van der Waals surface area contributed by atoms with Crippen LogP contribution in [-0.2, 0) is 6.42 Å². The van der Waals surface area contributed by atoms with Gasteiger partial charge in [0.1, 0.15) is 11.8 Å². The summed E-state index contributed by atoms with van der Waals surface area (Å²) in [5, 5.41) is 10.1. The first-order chi connectivity index (χ1) is 16.0. The molecule has 1 atom stereocenters. The van der Waals surface area contributed by atoms with E-state index < -0.39 is 0 Å². The van der Waals surface area contributed by atoms with Gasteiger partial charge in [0.2, 0.25) is 5.13 Å². The number of aryl methyl sites for hydroxylation is 2. The van der Waals surface area contributed by atoms with Crippen molar-refractivity contribution in [3.05, 3.63) is 94.3 Å². The molecule has 0 spiro atoms. The summed E-state index contributed by atoms with van der Waals surface area (Å²) >= 11 is 1.63. The Morgan fingerprint density at radius 1 is 1.03 bits per heavy atom. The van der Waals surface area contributed by atoms with Gasteiger partial charge < -0.3 is 4.42 Å². The average Bonchev–Trinajstić information content (AvgIpc) is 3.55. The second-order valence-corrected chi connectivity index (χ2v) is 10.1. The number of anilines is 1. The predicted molar refractivity (Wildman–Crippen MR) is 137 cm³/mol. The molecular weight excluding hydrogens is 426 g/mol. The zero-order valence-corrected chi connectivity index (χ0v) is 20.4.